The predicted molar refractivity (Wildman–Crippen MR) is 85.8 cm³/mol. The molecule has 0 bridgehead atoms. The first kappa shape index (κ1) is 15.9. The molecule has 1 saturated heterocycles. The monoisotopic (exact) mass is 320 g/mol. The molecule has 1 aromatic rings. The lowest BCUT2D eigenvalue weighted by atomic mass is 9.93. The van der Waals surface area contributed by atoms with Crippen LogP contribution >= 0.6 is 0 Å². The van der Waals surface area contributed by atoms with Crippen LogP contribution < -0.4 is 19.5 Å². The van der Waals surface area contributed by atoms with Crippen molar-refractivity contribution in [1.29, 1.82) is 0 Å². The fourth-order valence-electron chi connectivity index (χ4n) is 3.27. The molecule has 2 aliphatic heterocycles. The number of hydrogen-bond donors (Lipinski definition) is 1. The molecule has 0 aromatic heterocycles. The second kappa shape index (κ2) is 6.66. The van der Waals surface area contributed by atoms with Gasteiger partial charge in [-0.1, -0.05) is 6.92 Å². The number of methoxy groups -OCH3 is 1. The van der Waals surface area contributed by atoms with E-state index in [9.17, 15) is 4.79 Å². The number of amides is 1. The Morgan fingerprint density at radius 1 is 1.43 bits per heavy atom. The smallest absolute Gasteiger partial charge is 0.231 e. The maximum atomic E-state index is 11.5. The minimum Gasteiger partial charge on any atom is -0.493 e. The Kier molecular flexibility index (Phi) is 4.61. The molecule has 6 heteroatoms. The van der Waals surface area contributed by atoms with E-state index < -0.39 is 0 Å². The molecule has 3 rings (SSSR count). The number of carbonyl (C=O) groups is 1. The number of nitrogens with one attached hydrogen (secondary N) is 1. The summed E-state index contributed by atoms with van der Waals surface area (Å²) in [5.74, 6) is 2.72. The molecule has 2 heterocycles. The first-order chi connectivity index (χ1) is 11.1. The topological polar surface area (TPSA) is 60.0 Å². The summed E-state index contributed by atoms with van der Waals surface area (Å²) < 4.78 is 16.3. The fraction of sp³-hybridized carbons (Fsp3) is 0.588. The van der Waals surface area contributed by atoms with Gasteiger partial charge >= 0.3 is 0 Å². The van der Waals surface area contributed by atoms with Gasteiger partial charge in [0, 0.05) is 32.6 Å². The third-order valence-corrected chi connectivity index (χ3v) is 4.64. The van der Waals surface area contributed by atoms with Crippen molar-refractivity contribution < 1.29 is 19.0 Å². The summed E-state index contributed by atoms with van der Waals surface area (Å²) in [7, 11) is 1.63. The maximum absolute atomic E-state index is 11.5. The average molecular weight is 320 g/mol. The molecular weight excluding hydrogens is 296 g/mol. The van der Waals surface area contributed by atoms with Crippen molar-refractivity contribution in [1.82, 2.24) is 10.2 Å². The van der Waals surface area contributed by atoms with Crippen molar-refractivity contribution in [3.8, 4) is 17.2 Å². The van der Waals surface area contributed by atoms with Crippen LogP contribution in [0.2, 0.25) is 0 Å². The molecular formula is C17H24N2O4. The summed E-state index contributed by atoms with van der Waals surface area (Å²) in [6, 6.07) is 4.38. The van der Waals surface area contributed by atoms with Crippen LogP contribution in [0.25, 0.3) is 0 Å². The first-order valence-corrected chi connectivity index (χ1v) is 8.04. The zero-order valence-electron chi connectivity index (χ0n) is 13.9. The van der Waals surface area contributed by atoms with E-state index >= 15 is 0 Å². The van der Waals surface area contributed by atoms with Gasteiger partial charge < -0.3 is 24.4 Å². The highest BCUT2D eigenvalue weighted by Crippen LogP contribution is 2.41. The number of rotatable bonds is 4. The number of nitrogens with zero attached hydrogens (tertiary/aromatic N) is 1. The Morgan fingerprint density at radius 3 is 2.96 bits per heavy atom. The van der Waals surface area contributed by atoms with E-state index in [4.69, 9.17) is 14.2 Å². The first-order valence-electron chi connectivity index (χ1n) is 8.04. The molecule has 1 fully saturated rings. The van der Waals surface area contributed by atoms with Crippen LogP contribution in [0.4, 0.5) is 0 Å². The lowest BCUT2D eigenvalue weighted by Crippen LogP contribution is -2.49. The average Bonchev–Trinajstić information content (AvgIpc) is 3.01. The number of fused-ring (bicyclic) bond motifs is 1. The van der Waals surface area contributed by atoms with Crippen molar-refractivity contribution in [3.63, 3.8) is 0 Å². The summed E-state index contributed by atoms with van der Waals surface area (Å²) in [6.45, 7) is 6.44. The van der Waals surface area contributed by atoms with Crippen molar-refractivity contribution in [2.45, 2.75) is 32.9 Å². The fourth-order valence-corrected chi connectivity index (χ4v) is 3.27. The number of ether oxygens (including phenoxy) is 3. The molecule has 6 nitrogen and oxygen atoms in total. The van der Waals surface area contributed by atoms with E-state index in [-0.39, 0.29) is 12.7 Å². The van der Waals surface area contributed by atoms with Gasteiger partial charge in [0.15, 0.2) is 11.5 Å². The highest BCUT2D eigenvalue weighted by Gasteiger charge is 2.27. The Balaban J connectivity index is 1.62. The van der Waals surface area contributed by atoms with Gasteiger partial charge in [-0.2, -0.15) is 0 Å². The molecule has 2 atom stereocenters. The number of piperidine rings is 1. The SMILES string of the molecule is COc1cc(CNC2CCN(C(C)=O)CC2C)cc2c1OCO2. The Hall–Kier alpha value is -1.95. The van der Waals surface area contributed by atoms with Crippen molar-refractivity contribution in [2.24, 2.45) is 5.92 Å². The molecule has 2 unspecified atom stereocenters. The lowest BCUT2D eigenvalue weighted by molar-refractivity contribution is -0.130. The van der Waals surface area contributed by atoms with Crippen molar-refractivity contribution >= 4 is 5.91 Å². The Labute approximate surface area is 136 Å². The lowest BCUT2D eigenvalue weighted by Gasteiger charge is -2.37. The van der Waals surface area contributed by atoms with Gasteiger partial charge in [-0.15, -0.1) is 0 Å². The van der Waals surface area contributed by atoms with Crippen molar-refractivity contribution in [3.05, 3.63) is 17.7 Å². The predicted octanol–water partition coefficient (Wildman–Crippen LogP) is 1.77. The van der Waals surface area contributed by atoms with Gasteiger partial charge in [-0.05, 0) is 30.0 Å². The molecule has 0 aliphatic carbocycles. The minimum atomic E-state index is 0.163. The second-order valence-electron chi connectivity index (χ2n) is 6.25. The van der Waals surface area contributed by atoms with E-state index in [0.29, 0.717) is 23.5 Å². The molecule has 1 N–H and O–H groups in total. The molecule has 23 heavy (non-hydrogen) atoms. The van der Waals surface area contributed by atoms with Gasteiger partial charge in [-0.3, -0.25) is 4.79 Å². The number of benzene rings is 1. The summed E-state index contributed by atoms with van der Waals surface area (Å²) in [5.41, 5.74) is 1.10. The molecule has 1 aromatic carbocycles. The normalized spacial score (nSPS) is 23.0. The second-order valence-corrected chi connectivity index (χ2v) is 6.25. The Bertz CT molecular complexity index is 590. The summed E-state index contributed by atoms with van der Waals surface area (Å²) in [6.07, 6.45) is 0.975. The van der Waals surface area contributed by atoms with Gasteiger partial charge in [0.25, 0.3) is 0 Å². The van der Waals surface area contributed by atoms with Crippen LogP contribution in [0.5, 0.6) is 17.2 Å². The molecule has 0 radical (unpaired) electrons. The third-order valence-electron chi connectivity index (χ3n) is 4.64. The highest BCUT2D eigenvalue weighted by molar-refractivity contribution is 5.73. The highest BCUT2D eigenvalue weighted by atomic mass is 16.7. The zero-order valence-corrected chi connectivity index (χ0v) is 13.9. The molecule has 0 spiro atoms. The van der Waals surface area contributed by atoms with E-state index in [2.05, 4.69) is 12.2 Å². The number of hydrogen-bond acceptors (Lipinski definition) is 5. The van der Waals surface area contributed by atoms with E-state index in [1.54, 1.807) is 14.0 Å². The van der Waals surface area contributed by atoms with Crippen LogP contribution in [0.3, 0.4) is 0 Å². The van der Waals surface area contributed by atoms with Gasteiger partial charge in [-0.25, -0.2) is 0 Å². The summed E-state index contributed by atoms with van der Waals surface area (Å²) in [4.78, 5) is 13.4. The van der Waals surface area contributed by atoms with Gasteiger partial charge in [0.2, 0.25) is 18.4 Å². The summed E-state index contributed by atoms with van der Waals surface area (Å²) >= 11 is 0. The maximum Gasteiger partial charge on any atom is 0.231 e. The number of carbonyl (C=O) groups excluding carboxylic acids is 1. The Morgan fingerprint density at radius 2 is 2.26 bits per heavy atom. The molecule has 2 aliphatic rings. The largest absolute Gasteiger partial charge is 0.493 e. The van der Waals surface area contributed by atoms with Crippen LogP contribution in [-0.2, 0) is 11.3 Å². The van der Waals surface area contributed by atoms with E-state index in [1.807, 2.05) is 17.0 Å². The standard InChI is InChI=1S/C17H24N2O4/c1-11-9-19(12(2)20)5-4-14(11)18-8-13-6-15(21-3)17-16(7-13)22-10-23-17/h6-7,11,14,18H,4-5,8-10H2,1-3H3. The van der Waals surface area contributed by atoms with Gasteiger partial charge in [0.05, 0.1) is 7.11 Å². The third kappa shape index (κ3) is 3.37. The summed E-state index contributed by atoms with van der Waals surface area (Å²) in [5, 5.41) is 3.60. The van der Waals surface area contributed by atoms with Crippen molar-refractivity contribution in [2.75, 3.05) is 27.0 Å². The van der Waals surface area contributed by atoms with Crippen LogP contribution in [-0.4, -0.2) is 43.8 Å². The molecule has 1 amide bonds. The van der Waals surface area contributed by atoms with Gasteiger partial charge in [0.1, 0.15) is 0 Å². The molecule has 126 valence electrons. The van der Waals surface area contributed by atoms with Crippen LogP contribution in [0.1, 0.15) is 25.8 Å². The van der Waals surface area contributed by atoms with Crippen LogP contribution in [0.15, 0.2) is 12.1 Å². The van der Waals surface area contributed by atoms with Crippen LogP contribution in [0, 0.1) is 5.92 Å². The minimum absolute atomic E-state index is 0.163. The molecule has 0 saturated carbocycles. The number of likely N-dealkylation sites (tertiary alicyclic amines) is 1. The quantitative estimate of drug-likeness (QED) is 0.916. The zero-order chi connectivity index (χ0) is 16.4. The van der Waals surface area contributed by atoms with E-state index in [1.165, 1.54) is 0 Å². The van der Waals surface area contributed by atoms with E-state index in [0.717, 1.165) is 37.4 Å².